The van der Waals surface area contributed by atoms with Gasteiger partial charge in [0.15, 0.2) is 5.78 Å². The molecule has 0 aliphatic carbocycles. The first-order valence-electron chi connectivity index (χ1n) is 10.3. The Balaban J connectivity index is 1.43. The van der Waals surface area contributed by atoms with Crippen molar-refractivity contribution in [2.45, 2.75) is 45.7 Å². The van der Waals surface area contributed by atoms with Crippen LogP contribution < -0.4 is 5.32 Å². The second-order valence-corrected chi connectivity index (χ2v) is 7.91. The van der Waals surface area contributed by atoms with Crippen LogP contribution in [0.25, 0.3) is 0 Å². The van der Waals surface area contributed by atoms with Crippen LogP contribution in [0, 0.1) is 11.7 Å². The molecule has 1 aliphatic rings. The Kier molecular flexibility index (Phi) is 7.53. The molecule has 3 rings (SSSR count). The first-order valence-corrected chi connectivity index (χ1v) is 10.3. The molecule has 1 heterocycles. The van der Waals surface area contributed by atoms with E-state index in [0.29, 0.717) is 17.9 Å². The van der Waals surface area contributed by atoms with Gasteiger partial charge in [0.25, 0.3) is 0 Å². The number of nitrogens with one attached hydrogen (secondary N) is 1. The van der Waals surface area contributed by atoms with Gasteiger partial charge in [0.2, 0.25) is 5.91 Å². The van der Waals surface area contributed by atoms with Gasteiger partial charge in [0.05, 0.1) is 0 Å². The Bertz CT molecular complexity index is 852. The fourth-order valence-corrected chi connectivity index (χ4v) is 3.94. The highest BCUT2D eigenvalue weighted by Crippen LogP contribution is 2.23. The largest absolute Gasteiger partial charge is 0.352 e. The van der Waals surface area contributed by atoms with Crippen molar-refractivity contribution in [2.75, 3.05) is 13.1 Å². The van der Waals surface area contributed by atoms with E-state index >= 15 is 0 Å². The first kappa shape index (κ1) is 21.2. The SMILES string of the molecule is CC(=O)c1cccc(CN2CCC[C@H](CCC(=O)NCc3ccccc3F)C2)c1. The molecule has 0 unspecified atom stereocenters. The van der Waals surface area contributed by atoms with Crippen LogP contribution in [0.3, 0.4) is 0 Å². The normalized spacial score (nSPS) is 17.1. The molecule has 1 N–H and O–H groups in total. The molecule has 2 aromatic rings. The number of hydrogen-bond acceptors (Lipinski definition) is 3. The topological polar surface area (TPSA) is 49.4 Å². The summed E-state index contributed by atoms with van der Waals surface area (Å²) >= 11 is 0. The van der Waals surface area contributed by atoms with Crippen LogP contribution in [-0.2, 0) is 17.9 Å². The van der Waals surface area contributed by atoms with Crippen LogP contribution in [-0.4, -0.2) is 29.7 Å². The third kappa shape index (κ3) is 6.50. The van der Waals surface area contributed by atoms with E-state index in [4.69, 9.17) is 0 Å². The zero-order valence-corrected chi connectivity index (χ0v) is 17.0. The molecule has 29 heavy (non-hydrogen) atoms. The summed E-state index contributed by atoms with van der Waals surface area (Å²) in [4.78, 5) is 26.2. The summed E-state index contributed by atoms with van der Waals surface area (Å²) in [5.74, 6) is 0.257. The van der Waals surface area contributed by atoms with E-state index in [1.54, 1.807) is 25.1 Å². The lowest BCUT2D eigenvalue weighted by Crippen LogP contribution is -2.35. The van der Waals surface area contributed by atoms with Crippen LogP contribution in [0.4, 0.5) is 4.39 Å². The zero-order valence-electron chi connectivity index (χ0n) is 17.0. The van der Waals surface area contributed by atoms with Crippen molar-refractivity contribution < 1.29 is 14.0 Å². The van der Waals surface area contributed by atoms with E-state index in [9.17, 15) is 14.0 Å². The van der Waals surface area contributed by atoms with Crippen LogP contribution >= 0.6 is 0 Å². The van der Waals surface area contributed by atoms with Gasteiger partial charge in [-0.25, -0.2) is 4.39 Å². The monoisotopic (exact) mass is 396 g/mol. The van der Waals surface area contributed by atoms with Gasteiger partial charge in [0, 0.05) is 37.2 Å². The van der Waals surface area contributed by atoms with E-state index in [0.717, 1.165) is 50.0 Å². The van der Waals surface area contributed by atoms with Crippen molar-refractivity contribution >= 4 is 11.7 Å². The molecule has 1 saturated heterocycles. The lowest BCUT2D eigenvalue weighted by Gasteiger charge is -2.32. The third-order valence-corrected chi connectivity index (χ3v) is 5.56. The Morgan fingerprint density at radius 2 is 2.00 bits per heavy atom. The van der Waals surface area contributed by atoms with E-state index in [1.165, 1.54) is 6.07 Å². The molecule has 2 aromatic carbocycles. The molecule has 1 aliphatic heterocycles. The fourth-order valence-electron chi connectivity index (χ4n) is 3.94. The Hall–Kier alpha value is -2.53. The molecule has 154 valence electrons. The van der Waals surface area contributed by atoms with E-state index in [2.05, 4.69) is 16.3 Å². The van der Waals surface area contributed by atoms with Crippen LogP contribution in [0.2, 0.25) is 0 Å². The molecule has 1 atom stereocenters. The number of carbonyl (C=O) groups is 2. The lowest BCUT2D eigenvalue weighted by atomic mass is 9.93. The molecule has 0 bridgehead atoms. The Labute approximate surface area is 172 Å². The molecular weight excluding hydrogens is 367 g/mol. The summed E-state index contributed by atoms with van der Waals surface area (Å²) in [5, 5.41) is 2.82. The van der Waals surface area contributed by atoms with Crippen molar-refractivity contribution in [3.63, 3.8) is 0 Å². The quantitative estimate of drug-likeness (QED) is 0.676. The number of amides is 1. The highest BCUT2D eigenvalue weighted by atomic mass is 19.1. The number of ketones is 1. The summed E-state index contributed by atoms with van der Waals surface area (Å²) in [6.07, 6.45) is 3.55. The number of rotatable bonds is 8. The third-order valence-electron chi connectivity index (χ3n) is 5.56. The van der Waals surface area contributed by atoms with Crippen LogP contribution in [0.15, 0.2) is 48.5 Å². The predicted molar refractivity (Wildman–Crippen MR) is 112 cm³/mol. The van der Waals surface area contributed by atoms with Gasteiger partial charge in [-0.2, -0.15) is 0 Å². The van der Waals surface area contributed by atoms with E-state index in [1.807, 2.05) is 18.2 Å². The molecule has 4 nitrogen and oxygen atoms in total. The van der Waals surface area contributed by atoms with Gasteiger partial charge >= 0.3 is 0 Å². The number of Topliss-reactive ketones (excluding diaryl/α,β-unsaturated/α-hetero) is 1. The molecule has 0 aromatic heterocycles. The molecule has 5 heteroatoms. The number of likely N-dealkylation sites (tertiary alicyclic amines) is 1. The summed E-state index contributed by atoms with van der Waals surface area (Å²) < 4.78 is 13.6. The number of halogens is 1. The minimum atomic E-state index is -0.287. The highest BCUT2D eigenvalue weighted by Gasteiger charge is 2.21. The summed E-state index contributed by atoms with van der Waals surface area (Å²) in [6.45, 7) is 4.66. The molecule has 1 amide bonds. The number of nitrogens with zero attached hydrogens (tertiary/aromatic N) is 1. The van der Waals surface area contributed by atoms with Gasteiger partial charge in [0.1, 0.15) is 5.82 Å². The number of hydrogen-bond donors (Lipinski definition) is 1. The molecule has 0 spiro atoms. The van der Waals surface area contributed by atoms with Crippen molar-refractivity contribution in [1.29, 1.82) is 0 Å². The number of piperidine rings is 1. The molecule has 0 radical (unpaired) electrons. The average molecular weight is 397 g/mol. The number of carbonyl (C=O) groups excluding carboxylic acids is 2. The Morgan fingerprint density at radius 1 is 1.17 bits per heavy atom. The van der Waals surface area contributed by atoms with E-state index in [-0.39, 0.29) is 24.1 Å². The summed E-state index contributed by atoms with van der Waals surface area (Å²) in [5.41, 5.74) is 2.42. The zero-order chi connectivity index (χ0) is 20.6. The molecule has 0 saturated carbocycles. The lowest BCUT2D eigenvalue weighted by molar-refractivity contribution is -0.121. The summed E-state index contributed by atoms with van der Waals surface area (Å²) in [6, 6.07) is 14.3. The van der Waals surface area contributed by atoms with Gasteiger partial charge in [-0.1, -0.05) is 36.4 Å². The maximum Gasteiger partial charge on any atom is 0.220 e. The van der Waals surface area contributed by atoms with Gasteiger partial charge in [-0.15, -0.1) is 0 Å². The summed E-state index contributed by atoms with van der Waals surface area (Å²) in [7, 11) is 0. The van der Waals surface area contributed by atoms with Crippen molar-refractivity contribution in [2.24, 2.45) is 5.92 Å². The van der Waals surface area contributed by atoms with Gasteiger partial charge in [-0.05, 0) is 56.3 Å². The molecular formula is C24H29FN2O2. The number of benzene rings is 2. The van der Waals surface area contributed by atoms with Crippen molar-refractivity contribution in [1.82, 2.24) is 10.2 Å². The predicted octanol–water partition coefficient (Wildman–Crippen LogP) is 4.34. The molecule has 1 fully saturated rings. The van der Waals surface area contributed by atoms with Crippen LogP contribution in [0.5, 0.6) is 0 Å². The second-order valence-electron chi connectivity index (χ2n) is 7.91. The minimum Gasteiger partial charge on any atom is -0.352 e. The first-order chi connectivity index (χ1) is 14.0. The Morgan fingerprint density at radius 3 is 2.79 bits per heavy atom. The van der Waals surface area contributed by atoms with Gasteiger partial charge in [-0.3, -0.25) is 14.5 Å². The average Bonchev–Trinajstić information content (AvgIpc) is 2.72. The fraction of sp³-hybridized carbons (Fsp3) is 0.417. The highest BCUT2D eigenvalue weighted by molar-refractivity contribution is 5.94. The standard InChI is InChI=1S/C24H29FN2O2/c1-18(28)21-9-4-6-20(14-21)17-27-13-5-7-19(16-27)11-12-24(29)26-15-22-8-2-3-10-23(22)25/h2-4,6,8-10,14,19H,5,7,11-13,15-17H2,1H3,(H,26,29)/t19-/m1/s1. The smallest absolute Gasteiger partial charge is 0.220 e. The minimum absolute atomic E-state index is 0.0282. The van der Waals surface area contributed by atoms with E-state index < -0.39 is 0 Å². The van der Waals surface area contributed by atoms with Gasteiger partial charge < -0.3 is 5.32 Å². The second kappa shape index (κ2) is 10.3. The maximum atomic E-state index is 13.6. The maximum absolute atomic E-state index is 13.6. The van der Waals surface area contributed by atoms with Crippen molar-refractivity contribution in [3.8, 4) is 0 Å². The van der Waals surface area contributed by atoms with Crippen LogP contribution in [0.1, 0.15) is 54.1 Å². The van der Waals surface area contributed by atoms with Crippen molar-refractivity contribution in [3.05, 3.63) is 71.0 Å².